The number of benzene rings is 3. The summed E-state index contributed by atoms with van der Waals surface area (Å²) >= 11 is 0. The van der Waals surface area contributed by atoms with Gasteiger partial charge in [0.25, 0.3) is 0 Å². The van der Waals surface area contributed by atoms with Crippen molar-refractivity contribution in [1.82, 2.24) is 9.88 Å². The molecule has 0 bridgehead atoms. The van der Waals surface area contributed by atoms with Gasteiger partial charge in [0.05, 0.1) is 0 Å². The first-order chi connectivity index (χ1) is 20.6. The molecule has 2 fully saturated rings. The van der Waals surface area contributed by atoms with E-state index in [0.29, 0.717) is 25.8 Å². The van der Waals surface area contributed by atoms with Crippen molar-refractivity contribution in [3.63, 3.8) is 0 Å². The number of fused-ring (bicyclic) bond motifs is 1. The van der Waals surface area contributed by atoms with Crippen LogP contribution in [0, 0.1) is 18.3 Å². The molecule has 2 N–H and O–H groups in total. The average molecular weight is 577 g/mol. The zero-order chi connectivity index (χ0) is 30.4. The van der Waals surface area contributed by atoms with Crippen molar-refractivity contribution in [2.24, 2.45) is 11.3 Å². The summed E-state index contributed by atoms with van der Waals surface area (Å²) in [6, 6.07) is 26.5. The molecule has 6 heteroatoms. The van der Waals surface area contributed by atoms with E-state index in [1.54, 1.807) is 0 Å². The highest BCUT2D eigenvalue weighted by Gasteiger charge is 2.60. The first-order valence-corrected chi connectivity index (χ1v) is 15.6. The van der Waals surface area contributed by atoms with E-state index in [1.807, 2.05) is 66.4 Å². The van der Waals surface area contributed by atoms with E-state index in [9.17, 15) is 9.59 Å². The predicted molar refractivity (Wildman–Crippen MR) is 175 cm³/mol. The molecular weight excluding hydrogens is 532 g/mol. The average Bonchev–Trinajstić information content (AvgIpc) is 3.35. The van der Waals surface area contributed by atoms with Crippen LogP contribution in [0.4, 0.5) is 11.4 Å². The lowest BCUT2D eigenvalue weighted by Gasteiger charge is -2.40. The molecule has 0 saturated heterocycles. The van der Waals surface area contributed by atoms with E-state index in [4.69, 9.17) is 0 Å². The molecule has 2 amide bonds. The number of nitrogens with one attached hydrogen (secondary N) is 2. The van der Waals surface area contributed by atoms with Crippen LogP contribution in [0.5, 0.6) is 0 Å². The van der Waals surface area contributed by atoms with Crippen LogP contribution >= 0.6 is 0 Å². The van der Waals surface area contributed by atoms with E-state index in [2.05, 4.69) is 67.5 Å². The number of carbonyl (C=O) groups is 2. The molecule has 43 heavy (non-hydrogen) atoms. The third kappa shape index (κ3) is 5.32. The number of hydrogen-bond acceptors (Lipinski definition) is 3. The maximum atomic E-state index is 14.6. The number of nitrogens with zero attached hydrogens (tertiary/aromatic N) is 2. The van der Waals surface area contributed by atoms with Gasteiger partial charge in [0.15, 0.2) is 0 Å². The molecule has 2 saturated carbocycles. The Morgan fingerprint density at radius 2 is 1.56 bits per heavy atom. The van der Waals surface area contributed by atoms with E-state index in [0.717, 1.165) is 35.3 Å². The second-order valence-corrected chi connectivity index (χ2v) is 13.4. The van der Waals surface area contributed by atoms with Gasteiger partial charge < -0.3 is 20.1 Å². The Bertz CT molecular complexity index is 1610. The summed E-state index contributed by atoms with van der Waals surface area (Å²) in [5, 5.41) is 4.45. The Balaban J connectivity index is 1.30. The summed E-state index contributed by atoms with van der Waals surface area (Å²) in [6.45, 7) is 7.14. The molecule has 1 aromatic heterocycles. The van der Waals surface area contributed by atoms with Crippen LogP contribution < -0.4 is 10.2 Å². The van der Waals surface area contributed by atoms with E-state index in [1.165, 1.54) is 16.6 Å². The van der Waals surface area contributed by atoms with Gasteiger partial charge in [-0.2, -0.15) is 0 Å². The third-order valence-corrected chi connectivity index (χ3v) is 10.2. The van der Waals surface area contributed by atoms with Crippen molar-refractivity contribution in [3.8, 4) is 0 Å². The summed E-state index contributed by atoms with van der Waals surface area (Å²) in [6.07, 6.45) is 3.63. The summed E-state index contributed by atoms with van der Waals surface area (Å²) in [5.41, 5.74) is 5.65. The lowest BCUT2D eigenvalue weighted by molar-refractivity contribution is -0.146. The van der Waals surface area contributed by atoms with Crippen molar-refractivity contribution in [3.05, 3.63) is 95.7 Å². The number of para-hydroxylation sites is 1. The van der Waals surface area contributed by atoms with E-state index in [-0.39, 0.29) is 29.1 Å². The van der Waals surface area contributed by atoms with Gasteiger partial charge in [-0.3, -0.25) is 9.59 Å². The summed E-state index contributed by atoms with van der Waals surface area (Å²) in [7, 11) is 4.00. The zero-order valence-electron chi connectivity index (χ0n) is 26.1. The van der Waals surface area contributed by atoms with Gasteiger partial charge in [-0.25, -0.2) is 0 Å². The zero-order valence-corrected chi connectivity index (χ0v) is 26.1. The van der Waals surface area contributed by atoms with Crippen LogP contribution in [0.3, 0.4) is 0 Å². The van der Waals surface area contributed by atoms with Gasteiger partial charge in [0.2, 0.25) is 11.8 Å². The molecule has 1 heterocycles. The quantitative estimate of drug-likeness (QED) is 0.215. The molecule has 3 aromatic carbocycles. The van der Waals surface area contributed by atoms with Gasteiger partial charge >= 0.3 is 0 Å². The predicted octanol–water partition coefficient (Wildman–Crippen LogP) is 7.65. The Morgan fingerprint density at radius 1 is 0.907 bits per heavy atom. The minimum atomic E-state index is -0.877. The molecule has 0 unspecified atom stereocenters. The van der Waals surface area contributed by atoms with Crippen molar-refractivity contribution < 1.29 is 9.59 Å². The Kier molecular flexibility index (Phi) is 7.57. The number of hydrogen-bond donors (Lipinski definition) is 2. The number of rotatable bonds is 9. The largest absolute Gasteiger partial charge is 0.378 e. The lowest BCUT2D eigenvalue weighted by atomic mass is 9.91. The van der Waals surface area contributed by atoms with Gasteiger partial charge in [-0.15, -0.1) is 0 Å². The van der Waals surface area contributed by atoms with Gasteiger partial charge in [0.1, 0.15) is 5.54 Å². The Labute approximate surface area is 255 Å². The topological polar surface area (TPSA) is 68.4 Å². The number of aromatic amines is 1. The number of aryl methyl sites for hydroxylation is 1. The second-order valence-electron chi connectivity index (χ2n) is 13.4. The van der Waals surface area contributed by atoms with Gasteiger partial charge in [-0.05, 0) is 78.5 Å². The maximum Gasteiger partial charge on any atom is 0.250 e. The van der Waals surface area contributed by atoms with Crippen LogP contribution in [0.2, 0.25) is 0 Å². The fraction of sp³-hybridized carbons (Fsp3) is 0.405. The van der Waals surface area contributed by atoms with Crippen LogP contribution in [0.15, 0.2) is 78.9 Å². The number of carbonyl (C=O) groups excluding carboxylic acids is 2. The van der Waals surface area contributed by atoms with Crippen molar-refractivity contribution >= 4 is 34.1 Å². The summed E-state index contributed by atoms with van der Waals surface area (Å²) in [5.74, 6) is 0.485. The lowest BCUT2D eigenvalue weighted by Crippen LogP contribution is -2.57. The third-order valence-electron chi connectivity index (χ3n) is 10.2. The van der Waals surface area contributed by atoms with Crippen molar-refractivity contribution in [2.75, 3.05) is 24.3 Å². The van der Waals surface area contributed by atoms with Crippen molar-refractivity contribution in [2.45, 2.75) is 70.9 Å². The van der Waals surface area contributed by atoms with Gasteiger partial charge in [-0.1, -0.05) is 75.2 Å². The molecule has 0 radical (unpaired) electrons. The molecule has 224 valence electrons. The molecule has 6 rings (SSSR count). The minimum absolute atomic E-state index is 0.0108. The summed E-state index contributed by atoms with van der Waals surface area (Å²) in [4.78, 5) is 36.3. The number of amides is 2. The fourth-order valence-corrected chi connectivity index (χ4v) is 7.61. The first-order valence-electron chi connectivity index (χ1n) is 15.6. The number of anilines is 2. The maximum absolute atomic E-state index is 14.6. The monoisotopic (exact) mass is 576 g/mol. The molecule has 0 aliphatic heterocycles. The molecule has 4 aromatic rings. The highest BCUT2D eigenvalue weighted by atomic mass is 16.2. The molecule has 2 aliphatic rings. The van der Waals surface area contributed by atoms with Crippen LogP contribution in [-0.4, -0.2) is 41.3 Å². The minimum Gasteiger partial charge on any atom is -0.378 e. The van der Waals surface area contributed by atoms with E-state index < -0.39 is 5.54 Å². The van der Waals surface area contributed by atoms with E-state index >= 15 is 0 Å². The van der Waals surface area contributed by atoms with Crippen molar-refractivity contribution in [1.29, 1.82) is 0 Å². The highest BCUT2D eigenvalue weighted by Crippen LogP contribution is 2.67. The normalized spacial score (nSPS) is 20.1. The number of aromatic nitrogens is 1. The number of H-pyrrole nitrogens is 1. The SMILES string of the molecule is Cc1[nH]c2ccccc2c1[C@@H]1[C@@H](CC(=O)N(Cc2ccccc2)C2(C(=O)Nc3ccc(N(C)C)cc3)CCCC2)C1(C)C. The molecular formula is C37H44N4O2. The van der Waals surface area contributed by atoms with Crippen LogP contribution in [-0.2, 0) is 16.1 Å². The Hall–Kier alpha value is -4.06. The smallest absolute Gasteiger partial charge is 0.250 e. The molecule has 2 atom stereocenters. The fourth-order valence-electron chi connectivity index (χ4n) is 7.61. The van der Waals surface area contributed by atoms with Gasteiger partial charge in [0, 0.05) is 55.0 Å². The second kappa shape index (κ2) is 11.2. The van der Waals surface area contributed by atoms with Crippen LogP contribution in [0.25, 0.3) is 10.9 Å². The standard InChI is InChI=1S/C37H44N4O2/c1-25-33(29-15-9-10-16-31(29)38-25)34-30(36(34,2)3)23-32(42)41(24-26-13-7-6-8-14-26)37(21-11-12-22-37)35(43)39-27-17-19-28(20-18-27)40(4)5/h6-10,13-20,30,34,38H,11-12,21-24H2,1-5H3,(H,39,43)/t30-,34+/m1/s1. The summed E-state index contributed by atoms with van der Waals surface area (Å²) < 4.78 is 0. The van der Waals surface area contributed by atoms with Crippen LogP contribution in [0.1, 0.15) is 68.7 Å². The highest BCUT2D eigenvalue weighted by molar-refractivity contribution is 6.01. The molecule has 0 spiro atoms. The first kappa shape index (κ1) is 29.0. The molecule has 6 nitrogen and oxygen atoms in total. The molecule has 2 aliphatic carbocycles. The Morgan fingerprint density at radius 3 is 2.23 bits per heavy atom.